The standard InChI is InChI=1S/C5H10O4/c6-2-3-1-4(7)5(8)9-3/h3-8H,1-2H2/t3-,4+,5+/m0/s1. The molecule has 0 saturated carbocycles. The van der Waals surface area contributed by atoms with Crippen molar-refractivity contribution in [2.75, 3.05) is 6.61 Å². The zero-order valence-corrected chi connectivity index (χ0v) is 4.90. The quantitative estimate of drug-likeness (QED) is 0.406. The van der Waals surface area contributed by atoms with Crippen LogP contribution >= 0.6 is 0 Å². The molecular formula is C5H10O4. The molecule has 0 amide bonds. The third kappa shape index (κ3) is 1.40. The third-order valence-corrected chi connectivity index (χ3v) is 1.37. The summed E-state index contributed by atoms with van der Waals surface area (Å²) in [6, 6.07) is 0. The summed E-state index contributed by atoms with van der Waals surface area (Å²) < 4.78 is 4.68. The van der Waals surface area contributed by atoms with Crippen LogP contribution in [0.25, 0.3) is 0 Å². The van der Waals surface area contributed by atoms with Gasteiger partial charge in [0.2, 0.25) is 0 Å². The topological polar surface area (TPSA) is 69.9 Å². The Morgan fingerprint density at radius 1 is 1.44 bits per heavy atom. The highest BCUT2D eigenvalue weighted by Crippen LogP contribution is 2.17. The first-order chi connectivity index (χ1) is 4.24. The molecule has 0 aromatic rings. The van der Waals surface area contributed by atoms with Crippen molar-refractivity contribution in [1.82, 2.24) is 0 Å². The Hall–Kier alpha value is -0.160. The molecule has 1 heterocycles. The van der Waals surface area contributed by atoms with Crippen molar-refractivity contribution in [3.05, 3.63) is 0 Å². The van der Waals surface area contributed by atoms with Crippen molar-refractivity contribution in [2.45, 2.75) is 24.9 Å². The van der Waals surface area contributed by atoms with Gasteiger partial charge in [-0.15, -0.1) is 0 Å². The maximum absolute atomic E-state index is 8.81. The largest absolute Gasteiger partial charge is 0.394 e. The average molecular weight is 134 g/mol. The van der Waals surface area contributed by atoms with Gasteiger partial charge in [0, 0.05) is 6.42 Å². The van der Waals surface area contributed by atoms with Crippen LogP contribution in [0.15, 0.2) is 0 Å². The Morgan fingerprint density at radius 3 is 2.33 bits per heavy atom. The monoisotopic (exact) mass is 134 g/mol. The molecule has 0 unspecified atom stereocenters. The molecule has 9 heavy (non-hydrogen) atoms. The van der Waals surface area contributed by atoms with E-state index in [2.05, 4.69) is 4.74 Å². The van der Waals surface area contributed by atoms with Crippen LogP contribution in [0.5, 0.6) is 0 Å². The molecule has 0 bridgehead atoms. The summed E-state index contributed by atoms with van der Waals surface area (Å²) in [6.07, 6.45) is -2.02. The van der Waals surface area contributed by atoms with Crippen molar-refractivity contribution in [3.63, 3.8) is 0 Å². The highest BCUT2D eigenvalue weighted by molar-refractivity contribution is 4.74. The van der Waals surface area contributed by atoms with E-state index in [0.717, 1.165) is 0 Å². The van der Waals surface area contributed by atoms with Gasteiger partial charge in [-0.1, -0.05) is 0 Å². The van der Waals surface area contributed by atoms with E-state index in [0.29, 0.717) is 6.42 Å². The predicted octanol–water partition coefficient (Wildman–Crippen LogP) is -1.55. The van der Waals surface area contributed by atoms with Gasteiger partial charge in [-0.25, -0.2) is 0 Å². The van der Waals surface area contributed by atoms with E-state index >= 15 is 0 Å². The number of aliphatic hydroxyl groups excluding tert-OH is 3. The van der Waals surface area contributed by atoms with Crippen LogP contribution in [0, 0.1) is 0 Å². The molecule has 0 radical (unpaired) electrons. The van der Waals surface area contributed by atoms with E-state index < -0.39 is 18.5 Å². The molecule has 1 fully saturated rings. The smallest absolute Gasteiger partial charge is 0.181 e. The van der Waals surface area contributed by atoms with Gasteiger partial charge in [0.25, 0.3) is 0 Å². The van der Waals surface area contributed by atoms with Crippen molar-refractivity contribution < 1.29 is 20.1 Å². The lowest BCUT2D eigenvalue weighted by Crippen LogP contribution is -2.19. The molecule has 0 aromatic carbocycles. The van der Waals surface area contributed by atoms with E-state index in [9.17, 15) is 0 Å². The van der Waals surface area contributed by atoms with Crippen LogP contribution < -0.4 is 0 Å². The summed E-state index contributed by atoms with van der Waals surface area (Å²) in [7, 11) is 0. The maximum Gasteiger partial charge on any atom is 0.181 e. The van der Waals surface area contributed by atoms with E-state index in [-0.39, 0.29) is 6.61 Å². The summed E-state index contributed by atoms with van der Waals surface area (Å²) in [5.41, 5.74) is 0. The van der Waals surface area contributed by atoms with Crippen LogP contribution in [-0.4, -0.2) is 40.4 Å². The Labute approximate surface area is 52.7 Å². The molecule has 0 aliphatic carbocycles. The second-order valence-corrected chi connectivity index (χ2v) is 2.13. The molecule has 1 rings (SSSR count). The predicted molar refractivity (Wildman–Crippen MR) is 28.6 cm³/mol. The lowest BCUT2D eigenvalue weighted by molar-refractivity contribution is -0.132. The Kier molecular flexibility index (Phi) is 2.02. The summed E-state index contributed by atoms with van der Waals surface area (Å²) in [4.78, 5) is 0. The Balaban J connectivity index is 2.35. The first kappa shape index (κ1) is 6.95. The number of hydrogen-bond donors (Lipinski definition) is 3. The molecule has 1 aliphatic heterocycles. The van der Waals surface area contributed by atoms with E-state index in [1.54, 1.807) is 0 Å². The zero-order chi connectivity index (χ0) is 6.85. The maximum atomic E-state index is 8.81. The minimum Gasteiger partial charge on any atom is -0.394 e. The second-order valence-electron chi connectivity index (χ2n) is 2.13. The van der Waals surface area contributed by atoms with E-state index in [1.807, 2.05) is 0 Å². The van der Waals surface area contributed by atoms with Crippen molar-refractivity contribution in [1.29, 1.82) is 0 Å². The molecule has 1 aliphatic rings. The third-order valence-electron chi connectivity index (χ3n) is 1.37. The van der Waals surface area contributed by atoms with Crippen LogP contribution in [0.1, 0.15) is 6.42 Å². The van der Waals surface area contributed by atoms with Crippen molar-refractivity contribution >= 4 is 0 Å². The molecular weight excluding hydrogens is 124 g/mol. The van der Waals surface area contributed by atoms with Gasteiger partial charge in [0.15, 0.2) is 6.29 Å². The number of aliphatic hydroxyl groups is 3. The van der Waals surface area contributed by atoms with Gasteiger partial charge in [-0.2, -0.15) is 0 Å². The normalized spacial score (nSPS) is 43.7. The van der Waals surface area contributed by atoms with Crippen molar-refractivity contribution in [3.8, 4) is 0 Å². The van der Waals surface area contributed by atoms with Crippen LogP contribution in [0.2, 0.25) is 0 Å². The van der Waals surface area contributed by atoms with E-state index in [1.165, 1.54) is 0 Å². The van der Waals surface area contributed by atoms with Gasteiger partial charge >= 0.3 is 0 Å². The number of hydrogen-bond acceptors (Lipinski definition) is 4. The van der Waals surface area contributed by atoms with Crippen LogP contribution in [-0.2, 0) is 4.74 Å². The fourth-order valence-corrected chi connectivity index (χ4v) is 0.847. The van der Waals surface area contributed by atoms with Gasteiger partial charge in [0.1, 0.15) is 6.10 Å². The molecule has 3 atom stereocenters. The van der Waals surface area contributed by atoms with Gasteiger partial charge in [-0.3, -0.25) is 0 Å². The minimum atomic E-state index is -1.11. The average Bonchev–Trinajstić information content (AvgIpc) is 2.13. The second kappa shape index (κ2) is 2.62. The number of rotatable bonds is 1. The Bertz CT molecular complexity index is 85.0. The molecule has 54 valence electrons. The molecule has 0 aromatic heterocycles. The molecule has 1 saturated heterocycles. The first-order valence-electron chi connectivity index (χ1n) is 2.86. The summed E-state index contributed by atoms with van der Waals surface area (Å²) in [6.45, 7) is -0.145. The van der Waals surface area contributed by atoms with Gasteiger partial charge in [-0.05, 0) is 0 Å². The highest BCUT2D eigenvalue weighted by atomic mass is 16.6. The SMILES string of the molecule is OC[C@@H]1C[C@@H](O)[C@H](O)O1. The zero-order valence-electron chi connectivity index (χ0n) is 4.90. The summed E-state index contributed by atoms with van der Waals surface area (Å²) in [5.74, 6) is 0. The van der Waals surface area contributed by atoms with Crippen LogP contribution in [0.3, 0.4) is 0 Å². The molecule has 4 nitrogen and oxygen atoms in total. The first-order valence-corrected chi connectivity index (χ1v) is 2.86. The lowest BCUT2D eigenvalue weighted by atomic mass is 10.2. The van der Waals surface area contributed by atoms with Gasteiger partial charge < -0.3 is 20.1 Å². The number of ether oxygens (including phenoxy) is 1. The molecule has 3 N–H and O–H groups in total. The van der Waals surface area contributed by atoms with E-state index in [4.69, 9.17) is 15.3 Å². The summed E-state index contributed by atoms with van der Waals surface area (Å²) >= 11 is 0. The lowest BCUT2D eigenvalue weighted by Gasteiger charge is -2.04. The fraction of sp³-hybridized carbons (Fsp3) is 1.00. The Morgan fingerprint density at radius 2 is 2.11 bits per heavy atom. The summed E-state index contributed by atoms with van der Waals surface area (Å²) in [5, 5.41) is 26.0. The highest BCUT2D eigenvalue weighted by Gasteiger charge is 2.31. The minimum absolute atomic E-state index is 0.145. The molecule has 0 spiro atoms. The molecule has 4 heteroatoms. The van der Waals surface area contributed by atoms with Gasteiger partial charge in [0.05, 0.1) is 12.7 Å². The van der Waals surface area contributed by atoms with Crippen molar-refractivity contribution in [2.24, 2.45) is 0 Å². The van der Waals surface area contributed by atoms with Crippen LogP contribution in [0.4, 0.5) is 0 Å². The fourth-order valence-electron chi connectivity index (χ4n) is 0.847.